The van der Waals surface area contributed by atoms with Crippen LogP contribution in [0.3, 0.4) is 0 Å². The van der Waals surface area contributed by atoms with E-state index in [2.05, 4.69) is 84.1 Å². The summed E-state index contributed by atoms with van der Waals surface area (Å²) in [4.78, 5) is 26.3. The maximum absolute atomic E-state index is 13.5. The second kappa shape index (κ2) is 13.3. The number of benzene rings is 4. The summed E-state index contributed by atoms with van der Waals surface area (Å²) in [6.07, 6.45) is 1.46. The Labute approximate surface area is 256 Å². The van der Waals surface area contributed by atoms with Crippen molar-refractivity contribution in [3.05, 3.63) is 112 Å². The minimum Gasteiger partial charge on any atom is -0.456 e. The molecule has 0 radical (unpaired) electrons. The standard InChI is InChI=1S/C35H35N5O4/c1-5-38(6-2)26-17-19-30-32(21-26)44-33-22-27(39(7-3)8-4)18-20-31(33)34(30)28-11-9-10-12-29(28)35(41)37-36-23-24-13-15-25(16-14-24)40(42)43/h9-23H,5-8H2,1-4H3/p+1. The SMILES string of the molecule is CCN(CC)c1ccc2c(-c3ccccc3C(=O)NN=Cc3ccc([N+](=O)[O-])cc3)c3ccc(=[N+](CC)CC)cc-3oc2c1. The van der Waals surface area contributed by atoms with E-state index in [9.17, 15) is 14.9 Å². The molecule has 1 aliphatic carbocycles. The lowest BCUT2D eigenvalue weighted by Gasteiger charge is -2.22. The topological polar surface area (TPSA) is 104 Å². The van der Waals surface area contributed by atoms with E-state index in [4.69, 9.17) is 4.42 Å². The zero-order valence-electron chi connectivity index (χ0n) is 25.4. The third-order valence-corrected chi connectivity index (χ3v) is 7.87. The lowest BCUT2D eigenvalue weighted by molar-refractivity contribution is -0.384. The van der Waals surface area contributed by atoms with Gasteiger partial charge in [-0.2, -0.15) is 5.10 Å². The van der Waals surface area contributed by atoms with Gasteiger partial charge in [-0.05, 0) is 75.2 Å². The molecular weight excluding hydrogens is 554 g/mol. The molecular formula is C35H36N5O4+. The van der Waals surface area contributed by atoms with Crippen LogP contribution in [0.4, 0.5) is 11.4 Å². The van der Waals surface area contributed by atoms with Gasteiger partial charge in [-0.15, -0.1) is 0 Å². The van der Waals surface area contributed by atoms with Crippen molar-refractivity contribution in [1.82, 2.24) is 10.0 Å². The number of amides is 1. The first-order valence-corrected chi connectivity index (χ1v) is 14.9. The molecule has 1 N–H and O–H groups in total. The number of nitro benzene ring substituents is 1. The molecule has 0 spiro atoms. The summed E-state index contributed by atoms with van der Waals surface area (Å²) in [7, 11) is 0. The van der Waals surface area contributed by atoms with Gasteiger partial charge in [0.2, 0.25) is 5.36 Å². The Bertz CT molecular complexity index is 1880. The Morgan fingerprint density at radius 3 is 2.32 bits per heavy atom. The van der Waals surface area contributed by atoms with Crippen LogP contribution < -0.4 is 20.3 Å². The van der Waals surface area contributed by atoms with Gasteiger partial charge >= 0.3 is 0 Å². The molecule has 44 heavy (non-hydrogen) atoms. The van der Waals surface area contributed by atoms with Gasteiger partial charge in [0, 0.05) is 65.1 Å². The van der Waals surface area contributed by atoms with Crippen LogP contribution in [-0.4, -0.2) is 43.2 Å². The molecule has 9 nitrogen and oxygen atoms in total. The van der Waals surface area contributed by atoms with Crippen LogP contribution in [0.15, 0.2) is 94.4 Å². The van der Waals surface area contributed by atoms with E-state index < -0.39 is 4.92 Å². The quantitative estimate of drug-likeness (QED) is 0.0654. The molecule has 1 aliphatic heterocycles. The molecule has 0 saturated heterocycles. The summed E-state index contributed by atoms with van der Waals surface area (Å²) in [5.41, 5.74) is 8.08. The highest BCUT2D eigenvalue weighted by Crippen LogP contribution is 2.42. The zero-order valence-corrected chi connectivity index (χ0v) is 25.4. The van der Waals surface area contributed by atoms with Gasteiger partial charge in [0.15, 0.2) is 0 Å². The number of rotatable bonds is 10. The molecule has 3 aromatic rings. The van der Waals surface area contributed by atoms with Crippen LogP contribution >= 0.6 is 0 Å². The summed E-state index contributed by atoms with van der Waals surface area (Å²) in [6, 6.07) is 25.9. The maximum atomic E-state index is 13.5. The number of carbonyl (C=O) groups excluding carboxylic acids is 1. The number of non-ortho nitro benzene ring substituents is 1. The summed E-state index contributed by atoms with van der Waals surface area (Å²) < 4.78 is 8.86. The highest BCUT2D eigenvalue weighted by molar-refractivity contribution is 6.09. The van der Waals surface area contributed by atoms with Crippen molar-refractivity contribution in [1.29, 1.82) is 0 Å². The van der Waals surface area contributed by atoms with Gasteiger partial charge in [0.05, 0.1) is 17.2 Å². The number of hydrogen-bond donors (Lipinski definition) is 1. The van der Waals surface area contributed by atoms with Gasteiger partial charge in [-0.3, -0.25) is 14.9 Å². The summed E-state index contributed by atoms with van der Waals surface area (Å²) in [5.74, 6) is 0.361. The van der Waals surface area contributed by atoms with E-state index in [0.717, 1.165) is 70.6 Å². The molecule has 224 valence electrons. The predicted molar refractivity (Wildman–Crippen MR) is 176 cm³/mol. The fraction of sp³-hybridized carbons (Fsp3) is 0.229. The zero-order chi connectivity index (χ0) is 31.2. The van der Waals surface area contributed by atoms with Gasteiger partial charge in [-0.1, -0.05) is 18.2 Å². The van der Waals surface area contributed by atoms with Crippen molar-refractivity contribution in [2.75, 3.05) is 31.1 Å². The second-order valence-corrected chi connectivity index (χ2v) is 10.3. The second-order valence-electron chi connectivity index (χ2n) is 10.3. The van der Waals surface area contributed by atoms with E-state index in [-0.39, 0.29) is 11.6 Å². The summed E-state index contributed by atoms with van der Waals surface area (Å²) in [6.45, 7) is 12.0. The summed E-state index contributed by atoms with van der Waals surface area (Å²) in [5, 5.41) is 17.0. The van der Waals surface area contributed by atoms with Crippen molar-refractivity contribution >= 4 is 34.5 Å². The fourth-order valence-corrected chi connectivity index (χ4v) is 5.54. The molecule has 0 fully saturated rings. The molecule has 1 amide bonds. The normalized spacial score (nSPS) is 11.3. The number of nitrogens with zero attached hydrogens (tertiary/aromatic N) is 4. The molecule has 0 saturated carbocycles. The van der Waals surface area contributed by atoms with Crippen molar-refractivity contribution in [3.8, 4) is 22.5 Å². The van der Waals surface area contributed by atoms with Crippen molar-refractivity contribution in [3.63, 3.8) is 0 Å². The fourth-order valence-electron chi connectivity index (χ4n) is 5.54. The molecule has 1 heterocycles. The highest BCUT2D eigenvalue weighted by Gasteiger charge is 2.22. The number of carbonyl (C=O) groups is 1. The van der Waals surface area contributed by atoms with Gasteiger partial charge in [-0.25, -0.2) is 10.0 Å². The lowest BCUT2D eigenvalue weighted by atomic mass is 9.90. The van der Waals surface area contributed by atoms with Crippen LogP contribution in [0.5, 0.6) is 0 Å². The minimum absolute atomic E-state index is 0.0115. The van der Waals surface area contributed by atoms with E-state index in [1.54, 1.807) is 18.2 Å². The Kier molecular flexibility index (Phi) is 9.14. The molecule has 3 aromatic carbocycles. The van der Waals surface area contributed by atoms with Crippen LogP contribution in [0.2, 0.25) is 0 Å². The first kappa shape index (κ1) is 30.2. The number of fused-ring (bicyclic) bond motifs is 2. The summed E-state index contributed by atoms with van der Waals surface area (Å²) >= 11 is 0. The van der Waals surface area contributed by atoms with Crippen LogP contribution in [-0.2, 0) is 0 Å². The molecule has 5 rings (SSSR count). The predicted octanol–water partition coefficient (Wildman–Crippen LogP) is 6.53. The van der Waals surface area contributed by atoms with E-state index in [1.165, 1.54) is 18.3 Å². The maximum Gasteiger partial charge on any atom is 0.271 e. The van der Waals surface area contributed by atoms with E-state index >= 15 is 0 Å². The van der Waals surface area contributed by atoms with Crippen molar-refractivity contribution in [2.45, 2.75) is 27.7 Å². The average Bonchev–Trinajstić information content (AvgIpc) is 3.05. The monoisotopic (exact) mass is 590 g/mol. The van der Waals surface area contributed by atoms with E-state index in [1.807, 2.05) is 18.2 Å². The van der Waals surface area contributed by atoms with E-state index in [0.29, 0.717) is 11.1 Å². The average molecular weight is 591 g/mol. The van der Waals surface area contributed by atoms with Gasteiger partial charge < -0.3 is 9.32 Å². The first-order chi connectivity index (χ1) is 21.4. The van der Waals surface area contributed by atoms with Crippen molar-refractivity contribution < 1.29 is 14.1 Å². The number of nitro groups is 1. The van der Waals surface area contributed by atoms with Crippen LogP contribution in [0.1, 0.15) is 43.6 Å². The number of hydrazone groups is 1. The van der Waals surface area contributed by atoms with Crippen molar-refractivity contribution in [2.24, 2.45) is 5.10 Å². The number of nitrogens with one attached hydrogen (secondary N) is 1. The Hall–Kier alpha value is -5.31. The third kappa shape index (κ3) is 6.08. The van der Waals surface area contributed by atoms with Gasteiger partial charge in [0.25, 0.3) is 11.6 Å². The highest BCUT2D eigenvalue weighted by atomic mass is 16.6. The Morgan fingerprint density at radius 2 is 1.64 bits per heavy atom. The molecule has 0 aromatic heterocycles. The Morgan fingerprint density at radius 1 is 0.909 bits per heavy atom. The first-order valence-electron chi connectivity index (χ1n) is 14.9. The molecule has 0 unspecified atom stereocenters. The molecule has 2 aliphatic rings. The lowest BCUT2D eigenvalue weighted by Crippen LogP contribution is -2.29. The molecule has 0 atom stereocenters. The van der Waals surface area contributed by atoms with Crippen LogP contribution in [0.25, 0.3) is 33.4 Å². The van der Waals surface area contributed by atoms with Gasteiger partial charge in [0.1, 0.15) is 24.4 Å². The molecule has 9 heteroatoms. The third-order valence-electron chi connectivity index (χ3n) is 7.87. The number of anilines is 1. The minimum atomic E-state index is -0.460. The Balaban J connectivity index is 1.63. The largest absolute Gasteiger partial charge is 0.456 e. The number of hydrogen-bond acceptors (Lipinski definition) is 6. The molecule has 0 bridgehead atoms. The smallest absolute Gasteiger partial charge is 0.271 e. The van der Waals surface area contributed by atoms with Crippen LogP contribution in [0, 0.1) is 10.1 Å².